The Hall–Kier alpha value is -2.37. The van der Waals surface area contributed by atoms with Crippen molar-refractivity contribution in [2.45, 2.75) is 6.92 Å². The van der Waals surface area contributed by atoms with Crippen molar-refractivity contribution >= 4 is 22.6 Å². The van der Waals surface area contributed by atoms with Crippen LogP contribution >= 0.6 is 0 Å². The number of aromatic carboxylic acids is 1. The molecule has 0 aliphatic carbocycles. The fraction of sp³-hybridized carbons (Fsp3) is 0.100. The second kappa shape index (κ2) is 3.34. The molecule has 2 rings (SSSR count). The minimum absolute atomic E-state index is 0.0808. The summed E-state index contributed by atoms with van der Waals surface area (Å²) in [5, 5.41) is 19.7. The highest BCUT2D eigenvalue weighted by atomic mass is 16.6. The van der Waals surface area contributed by atoms with E-state index in [0.29, 0.717) is 16.5 Å². The first-order valence-electron chi connectivity index (χ1n) is 4.41. The van der Waals surface area contributed by atoms with Gasteiger partial charge >= 0.3 is 5.97 Å². The summed E-state index contributed by atoms with van der Waals surface area (Å²) in [6.07, 6.45) is 0. The van der Waals surface area contributed by atoms with Gasteiger partial charge in [-0.15, -0.1) is 0 Å². The Balaban J connectivity index is 2.72. The molecule has 82 valence electrons. The molecule has 6 nitrogen and oxygen atoms in total. The van der Waals surface area contributed by atoms with E-state index in [9.17, 15) is 14.9 Å². The van der Waals surface area contributed by atoms with Gasteiger partial charge in [0.05, 0.1) is 4.92 Å². The molecule has 6 heteroatoms. The van der Waals surface area contributed by atoms with Gasteiger partial charge in [0.25, 0.3) is 5.69 Å². The Morgan fingerprint density at radius 2 is 2.12 bits per heavy atom. The molecule has 2 aromatic rings. The number of nitrogens with zero attached hydrogens (tertiary/aromatic N) is 1. The van der Waals surface area contributed by atoms with Gasteiger partial charge in [-0.3, -0.25) is 10.1 Å². The molecule has 0 saturated heterocycles. The first-order valence-corrected chi connectivity index (χ1v) is 4.41. The van der Waals surface area contributed by atoms with Crippen LogP contribution in [-0.4, -0.2) is 16.0 Å². The van der Waals surface area contributed by atoms with Gasteiger partial charge in [-0.1, -0.05) is 0 Å². The van der Waals surface area contributed by atoms with Crippen LogP contribution in [0.4, 0.5) is 5.69 Å². The minimum atomic E-state index is -1.20. The number of carboxylic acids is 1. The standard InChI is InChI=1S/C10H7NO5/c1-5-2-7(11(14)15)3-6-4-8(10(12)13)16-9(5)6/h2-4H,1H3,(H,12,13). The molecule has 0 spiro atoms. The predicted octanol–water partition coefficient (Wildman–Crippen LogP) is 2.35. The summed E-state index contributed by atoms with van der Waals surface area (Å²) in [5.41, 5.74) is 0.822. The van der Waals surface area contributed by atoms with E-state index in [-0.39, 0.29) is 11.4 Å². The van der Waals surface area contributed by atoms with Crippen LogP contribution in [0, 0.1) is 17.0 Å². The highest BCUT2D eigenvalue weighted by Gasteiger charge is 2.16. The lowest BCUT2D eigenvalue weighted by Gasteiger charge is -1.95. The van der Waals surface area contributed by atoms with E-state index in [1.54, 1.807) is 6.92 Å². The van der Waals surface area contributed by atoms with Gasteiger partial charge in [0.2, 0.25) is 5.76 Å². The van der Waals surface area contributed by atoms with Crippen LogP contribution in [0.5, 0.6) is 0 Å². The first-order chi connectivity index (χ1) is 7.49. The lowest BCUT2D eigenvalue weighted by Crippen LogP contribution is -1.91. The lowest BCUT2D eigenvalue weighted by molar-refractivity contribution is -0.384. The van der Waals surface area contributed by atoms with E-state index in [1.807, 2.05) is 0 Å². The van der Waals surface area contributed by atoms with Crippen molar-refractivity contribution in [3.63, 3.8) is 0 Å². The number of benzene rings is 1. The maximum Gasteiger partial charge on any atom is 0.371 e. The lowest BCUT2D eigenvalue weighted by atomic mass is 10.1. The maximum absolute atomic E-state index is 10.7. The largest absolute Gasteiger partial charge is 0.475 e. The fourth-order valence-corrected chi connectivity index (χ4v) is 1.52. The maximum atomic E-state index is 10.7. The molecule has 0 bridgehead atoms. The van der Waals surface area contributed by atoms with Crippen molar-refractivity contribution < 1.29 is 19.2 Å². The predicted molar refractivity (Wildman–Crippen MR) is 54.6 cm³/mol. The number of furan rings is 1. The molecule has 0 saturated carbocycles. The van der Waals surface area contributed by atoms with Crippen LogP contribution in [0.25, 0.3) is 11.0 Å². The van der Waals surface area contributed by atoms with Crippen LogP contribution in [0.1, 0.15) is 16.1 Å². The van der Waals surface area contributed by atoms with E-state index in [4.69, 9.17) is 9.52 Å². The van der Waals surface area contributed by atoms with E-state index in [2.05, 4.69) is 0 Å². The number of non-ortho nitro benzene ring substituents is 1. The highest BCUT2D eigenvalue weighted by Crippen LogP contribution is 2.27. The van der Waals surface area contributed by atoms with Crippen molar-refractivity contribution in [2.75, 3.05) is 0 Å². The number of rotatable bonds is 2. The Kier molecular flexibility index (Phi) is 2.12. The Bertz CT molecular complexity index is 599. The molecule has 0 fully saturated rings. The summed E-state index contributed by atoms with van der Waals surface area (Å²) in [6.45, 7) is 1.63. The number of nitro benzene ring substituents is 1. The quantitative estimate of drug-likeness (QED) is 0.620. The van der Waals surface area contributed by atoms with Crippen molar-refractivity contribution in [1.29, 1.82) is 0 Å². The summed E-state index contributed by atoms with van der Waals surface area (Å²) in [5.74, 6) is -1.42. The van der Waals surface area contributed by atoms with Gasteiger partial charge in [0, 0.05) is 17.5 Å². The van der Waals surface area contributed by atoms with Crippen molar-refractivity contribution in [1.82, 2.24) is 0 Å². The number of nitro groups is 1. The van der Waals surface area contributed by atoms with E-state index in [1.165, 1.54) is 18.2 Å². The third-order valence-electron chi connectivity index (χ3n) is 2.21. The van der Waals surface area contributed by atoms with Crippen LogP contribution in [0.3, 0.4) is 0 Å². The number of fused-ring (bicyclic) bond motifs is 1. The van der Waals surface area contributed by atoms with Gasteiger partial charge in [-0.2, -0.15) is 0 Å². The smallest absolute Gasteiger partial charge is 0.371 e. The molecule has 1 heterocycles. The Morgan fingerprint density at radius 3 is 2.69 bits per heavy atom. The number of carbonyl (C=O) groups is 1. The summed E-state index contributed by atoms with van der Waals surface area (Å²) in [6, 6.07) is 3.91. The molecule has 1 N–H and O–H groups in total. The second-order valence-corrected chi connectivity index (χ2v) is 3.35. The van der Waals surface area contributed by atoms with Gasteiger partial charge in [0.1, 0.15) is 5.58 Å². The van der Waals surface area contributed by atoms with E-state index in [0.717, 1.165) is 0 Å². The Morgan fingerprint density at radius 1 is 1.44 bits per heavy atom. The van der Waals surface area contributed by atoms with Crippen molar-refractivity contribution in [3.8, 4) is 0 Å². The topological polar surface area (TPSA) is 93.6 Å². The molecule has 0 amide bonds. The molecule has 0 unspecified atom stereocenters. The fourth-order valence-electron chi connectivity index (χ4n) is 1.52. The summed E-state index contributed by atoms with van der Waals surface area (Å²) in [4.78, 5) is 20.7. The molecule has 0 radical (unpaired) electrons. The zero-order valence-corrected chi connectivity index (χ0v) is 8.26. The molecule has 16 heavy (non-hydrogen) atoms. The first kappa shape index (κ1) is 10.2. The van der Waals surface area contributed by atoms with Crippen LogP contribution in [-0.2, 0) is 0 Å². The van der Waals surface area contributed by atoms with Crippen molar-refractivity contribution in [2.24, 2.45) is 0 Å². The highest BCUT2D eigenvalue weighted by molar-refractivity contribution is 5.93. The van der Waals surface area contributed by atoms with Gasteiger partial charge in [-0.05, 0) is 18.6 Å². The molecule has 1 aromatic carbocycles. The monoisotopic (exact) mass is 221 g/mol. The molecular weight excluding hydrogens is 214 g/mol. The third-order valence-corrected chi connectivity index (χ3v) is 2.21. The average Bonchev–Trinajstić information content (AvgIpc) is 2.61. The number of aryl methyl sites for hydroxylation is 1. The van der Waals surface area contributed by atoms with Gasteiger partial charge < -0.3 is 9.52 Å². The SMILES string of the molecule is Cc1cc([N+](=O)[O-])cc2cc(C(=O)O)oc12. The Labute approximate surface area is 89.2 Å². The van der Waals surface area contributed by atoms with Crippen molar-refractivity contribution in [3.05, 3.63) is 39.6 Å². The summed E-state index contributed by atoms with van der Waals surface area (Å²) in [7, 11) is 0. The molecular formula is C10H7NO5. The van der Waals surface area contributed by atoms with Gasteiger partial charge in [-0.25, -0.2) is 4.79 Å². The molecule has 0 aliphatic rings. The van der Waals surface area contributed by atoms with Gasteiger partial charge in [0.15, 0.2) is 0 Å². The third kappa shape index (κ3) is 1.50. The molecule has 0 atom stereocenters. The number of hydrogen-bond donors (Lipinski definition) is 1. The number of carboxylic acid groups (broad SMARTS) is 1. The van der Waals surface area contributed by atoms with E-state index >= 15 is 0 Å². The minimum Gasteiger partial charge on any atom is -0.475 e. The van der Waals surface area contributed by atoms with Crippen LogP contribution in [0.2, 0.25) is 0 Å². The molecule has 1 aromatic heterocycles. The number of hydrogen-bond acceptors (Lipinski definition) is 4. The zero-order chi connectivity index (χ0) is 11.9. The second-order valence-electron chi connectivity index (χ2n) is 3.35. The normalized spacial score (nSPS) is 10.6. The van der Waals surface area contributed by atoms with Crippen LogP contribution in [0.15, 0.2) is 22.6 Å². The summed E-state index contributed by atoms with van der Waals surface area (Å²) >= 11 is 0. The zero-order valence-electron chi connectivity index (χ0n) is 8.26. The van der Waals surface area contributed by atoms with E-state index < -0.39 is 10.9 Å². The summed E-state index contributed by atoms with van der Waals surface area (Å²) < 4.78 is 5.07. The average molecular weight is 221 g/mol. The molecule has 0 aliphatic heterocycles. The van der Waals surface area contributed by atoms with Crippen LogP contribution < -0.4 is 0 Å².